The number of ether oxygens (including phenoxy) is 1. The largest absolute Gasteiger partial charge is 0.494 e. The minimum atomic E-state index is 0.128. The lowest BCUT2D eigenvalue weighted by molar-refractivity contribution is -0.119. The summed E-state index contributed by atoms with van der Waals surface area (Å²) in [6.07, 6.45) is 5.00. The SMILES string of the molecule is Cc1[nH]c2ccc(C(=O)N3CCCC[C@H]3CCOc3ccc(CN4CCN(C=O)CC4)cc3)cc2c1C. The van der Waals surface area contributed by atoms with Gasteiger partial charge < -0.3 is 19.5 Å². The number of aromatic amines is 1. The number of aryl methyl sites for hydroxylation is 2. The summed E-state index contributed by atoms with van der Waals surface area (Å²) < 4.78 is 6.09. The Morgan fingerprint density at radius 3 is 2.57 bits per heavy atom. The molecule has 7 nitrogen and oxygen atoms in total. The number of fused-ring (bicyclic) bond motifs is 1. The average molecular weight is 503 g/mol. The number of amides is 2. The van der Waals surface area contributed by atoms with Gasteiger partial charge >= 0.3 is 0 Å². The Morgan fingerprint density at radius 2 is 1.81 bits per heavy atom. The van der Waals surface area contributed by atoms with E-state index in [1.54, 1.807) is 0 Å². The monoisotopic (exact) mass is 502 g/mol. The molecule has 37 heavy (non-hydrogen) atoms. The number of carbonyl (C=O) groups excluding carboxylic acids is 2. The number of nitrogens with zero attached hydrogens (tertiary/aromatic N) is 3. The van der Waals surface area contributed by atoms with E-state index in [0.29, 0.717) is 6.61 Å². The van der Waals surface area contributed by atoms with E-state index in [1.807, 2.05) is 35.2 Å². The number of aromatic nitrogens is 1. The molecule has 0 aliphatic carbocycles. The van der Waals surface area contributed by atoms with Gasteiger partial charge in [0.15, 0.2) is 0 Å². The van der Waals surface area contributed by atoms with Crippen molar-refractivity contribution >= 4 is 23.2 Å². The van der Waals surface area contributed by atoms with Gasteiger partial charge in [-0.2, -0.15) is 0 Å². The van der Waals surface area contributed by atoms with Gasteiger partial charge in [-0.25, -0.2) is 0 Å². The summed E-state index contributed by atoms with van der Waals surface area (Å²) in [7, 11) is 0. The molecule has 1 aromatic heterocycles. The summed E-state index contributed by atoms with van der Waals surface area (Å²) in [6, 6.07) is 14.6. The predicted octanol–water partition coefficient (Wildman–Crippen LogP) is 4.52. The number of carbonyl (C=O) groups is 2. The van der Waals surface area contributed by atoms with E-state index >= 15 is 0 Å². The number of piperazine rings is 1. The first kappa shape index (κ1) is 25.3. The first-order valence-corrected chi connectivity index (χ1v) is 13.5. The van der Waals surface area contributed by atoms with Crippen LogP contribution in [-0.4, -0.2) is 77.4 Å². The number of hydrogen-bond donors (Lipinski definition) is 1. The second kappa shape index (κ2) is 11.4. The molecule has 2 amide bonds. The van der Waals surface area contributed by atoms with Crippen LogP contribution in [0.5, 0.6) is 5.75 Å². The summed E-state index contributed by atoms with van der Waals surface area (Å²) in [4.78, 5) is 34.1. The number of H-pyrrole nitrogens is 1. The molecule has 7 heteroatoms. The van der Waals surface area contributed by atoms with Gasteiger partial charge in [0, 0.05) is 73.9 Å². The van der Waals surface area contributed by atoms with Crippen LogP contribution in [-0.2, 0) is 11.3 Å². The first-order valence-electron chi connectivity index (χ1n) is 13.5. The van der Waals surface area contributed by atoms with Gasteiger partial charge in [-0.3, -0.25) is 14.5 Å². The highest BCUT2D eigenvalue weighted by Crippen LogP contribution is 2.26. The molecule has 2 saturated heterocycles. The highest BCUT2D eigenvalue weighted by molar-refractivity contribution is 5.99. The van der Waals surface area contributed by atoms with Crippen molar-refractivity contribution in [1.29, 1.82) is 0 Å². The molecule has 0 unspecified atom stereocenters. The topological polar surface area (TPSA) is 68.9 Å². The molecule has 2 aromatic carbocycles. The first-order chi connectivity index (χ1) is 18.0. The van der Waals surface area contributed by atoms with Crippen LogP contribution in [0.1, 0.15) is 52.9 Å². The van der Waals surface area contributed by atoms with Crippen LogP contribution in [0.4, 0.5) is 0 Å². The van der Waals surface area contributed by atoms with Gasteiger partial charge in [-0.1, -0.05) is 12.1 Å². The molecule has 0 saturated carbocycles. The highest BCUT2D eigenvalue weighted by Gasteiger charge is 2.28. The van der Waals surface area contributed by atoms with Crippen LogP contribution in [0.3, 0.4) is 0 Å². The molecular weight excluding hydrogens is 464 g/mol. The standard InChI is InChI=1S/C30H38N4O3/c1-22-23(2)31-29-11-8-25(19-28(22)29)30(36)34-13-4-3-5-26(34)12-18-37-27-9-6-24(7-10-27)20-32-14-16-33(21-35)17-15-32/h6-11,19,21,26,31H,3-5,12-18,20H2,1-2H3/t26-/m0/s1. The van der Waals surface area contributed by atoms with Crippen LogP contribution in [0.2, 0.25) is 0 Å². The summed E-state index contributed by atoms with van der Waals surface area (Å²) >= 11 is 0. The summed E-state index contributed by atoms with van der Waals surface area (Å²) in [5, 5.41) is 1.13. The van der Waals surface area contributed by atoms with E-state index in [1.165, 1.54) is 11.1 Å². The van der Waals surface area contributed by atoms with Crippen molar-refractivity contribution < 1.29 is 14.3 Å². The van der Waals surface area contributed by atoms with E-state index in [2.05, 4.69) is 40.8 Å². The fourth-order valence-corrected chi connectivity index (χ4v) is 5.62. The molecule has 3 heterocycles. The van der Waals surface area contributed by atoms with Crippen LogP contribution in [0.15, 0.2) is 42.5 Å². The average Bonchev–Trinajstić information content (AvgIpc) is 3.22. The number of nitrogens with one attached hydrogen (secondary N) is 1. The van der Waals surface area contributed by atoms with Gasteiger partial charge in [0.05, 0.1) is 6.61 Å². The minimum absolute atomic E-state index is 0.128. The number of rotatable bonds is 8. The molecule has 3 aromatic rings. The minimum Gasteiger partial charge on any atom is -0.494 e. The maximum absolute atomic E-state index is 13.5. The van der Waals surface area contributed by atoms with Crippen molar-refractivity contribution in [2.45, 2.75) is 52.1 Å². The van der Waals surface area contributed by atoms with E-state index in [4.69, 9.17) is 4.74 Å². The third kappa shape index (κ3) is 5.82. The fraction of sp³-hybridized carbons (Fsp3) is 0.467. The Bertz CT molecular complexity index is 1230. The van der Waals surface area contributed by atoms with Gasteiger partial charge in [-0.15, -0.1) is 0 Å². The molecular formula is C30H38N4O3. The van der Waals surface area contributed by atoms with Crippen molar-refractivity contribution in [3.8, 4) is 5.75 Å². The van der Waals surface area contributed by atoms with E-state index in [0.717, 1.165) is 99.3 Å². The van der Waals surface area contributed by atoms with E-state index in [-0.39, 0.29) is 11.9 Å². The van der Waals surface area contributed by atoms with Crippen LogP contribution < -0.4 is 4.74 Å². The van der Waals surface area contributed by atoms with E-state index in [9.17, 15) is 9.59 Å². The Balaban J connectivity index is 1.14. The molecule has 2 aliphatic heterocycles. The third-order valence-electron chi connectivity index (χ3n) is 8.05. The lowest BCUT2D eigenvalue weighted by Gasteiger charge is -2.36. The molecule has 0 radical (unpaired) electrons. The Labute approximate surface area is 219 Å². The maximum atomic E-state index is 13.5. The predicted molar refractivity (Wildman–Crippen MR) is 146 cm³/mol. The van der Waals surface area contributed by atoms with Gasteiger partial charge in [0.25, 0.3) is 5.91 Å². The van der Waals surface area contributed by atoms with Crippen LogP contribution in [0.25, 0.3) is 10.9 Å². The van der Waals surface area contributed by atoms with Crippen molar-refractivity contribution in [3.05, 3.63) is 64.8 Å². The third-order valence-corrected chi connectivity index (χ3v) is 8.05. The van der Waals surface area contributed by atoms with Gasteiger partial charge in [-0.05, 0) is 74.6 Å². The normalized spacial score (nSPS) is 18.8. The second-order valence-corrected chi connectivity index (χ2v) is 10.5. The zero-order valence-electron chi connectivity index (χ0n) is 22.0. The Morgan fingerprint density at radius 1 is 1.03 bits per heavy atom. The van der Waals surface area contributed by atoms with Crippen molar-refractivity contribution in [2.24, 2.45) is 0 Å². The smallest absolute Gasteiger partial charge is 0.254 e. The Hall–Kier alpha value is -3.32. The molecule has 0 bridgehead atoms. The lowest BCUT2D eigenvalue weighted by Crippen LogP contribution is -2.45. The number of hydrogen-bond acceptors (Lipinski definition) is 4. The summed E-state index contributed by atoms with van der Waals surface area (Å²) in [6.45, 7) is 9.88. The van der Waals surface area contributed by atoms with Gasteiger partial charge in [0.1, 0.15) is 5.75 Å². The molecule has 196 valence electrons. The fourth-order valence-electron chi connectivity index (χ4n) is 5.62. The number of likely N-dealkylation sites (tertiary alicyclic amines) is 1. The quantitative estimate of drug-likeness (QED) is 0.460. The van der Waals surface area contributed by atoms with Crippen molar-refractivity contribution in [2.75, 3.05) is 39.3 Å². The zero-order chi connectivity index (χ0) is 25.8. The maximum Gasteiger partial charge on any atom is 0.254 e. The highest BCUT2D eigenvalue weighted by atomic mass is 16.5. The van der Waals surface area contributed by atoms with Crippen molar-refractivity contribution in [3.63, 3.8) is 0 Å². The lowest BCUT2D eigenvalue weighted by atomic mass is 9.98. The zero-order valence-corrected chi connectivity index (χ0v) is 22.0. The van der Waals surface area contributed by atoms with Gasteiger partial charge in [0.2, 0.25) is 6.41 Å². The number of benzene rings is 2. The molecule has 1 atom stereocenters. The van der Waals surface area contributed by atoms with Crippen molar-refractivity contribution in [1.82, 2.24) is 19.7 Å². The molecule has 5 rings (SSSR count). The van der Waals surface area contributed by atoms with E-state index < -0.39 is 0 Å². The summed E-state index contributed by atoms with van der Waals surface area (Å²) in [5.74, 6) is 0.996. The molecule has 2 fully saturated rings. The summed E-state index contributed by atoms with van der Waals surface area (Å²) in [5.41, 5.74) is 5.46. The molecule has 0 spiro atoms. The number of piperidine rings is 1. The Kier molecular flexibility index (Phi) is 7.79. The van der Waals surface area contributed by atoms with Crippen LogP contribution in [0, 0.1) is 13.8 Å². The second-order valence-electron chi connectivity index (χ2n) is 10.5. The van der Waals surface area contributed by atoms with Crippen LogP contribution >= 0.6 is 0 Å². The molecule has 1 N–H and O–H groups in total. The molecule has 2 aliphatic rings.